The number of hydrogen-bond donors (Lipinski definition) is 0. The fraction of sp³-hybridized carbons (Fsp3) is 0.619. The van der Waals surface area contributed by atoms with Gasteiger partial charge < -0.3 is 14.5 Å². The van der Waals surface area contributed by atoms with Crippen LogP contribution < -0.4 is 0 Å². The lowest BCUT2D eigenvalue weighted by Gasteiger charge is -2.36. The molecule has 2 aliphatic rings. The summed E-state index contributed by atoms with van der Waals surface area (Å²) in [6.07, 6.45) is 1.06. The van der Waals surface area contributed by atoms with Crippen LogP contribution in [0.5, 0.6) is 0 Å². The minimum Gasteiger partial charge on any atom is -0.372 e. The van der Waals surface area contributed by atoms with Crippen molar-refractivity contribution >= 4 is 11.8 Å². The van der Waals surface area contributed by atoms with Gasteiger partial charge in [-0.1, -0.05) is 17.7 Å². The van der Waals surface area contributed by atoms with Crippen molar-refractivity contribution in [3.63, 3.8) is 0 Å². The molecule has 27 heavy (non-hydrogen) atoms. The second kappa shape index (κ2) is 8.85. The molecule has 1 aromatic rings. The molecule has 6 nitrogen and oxygen atoms in total. The SMILES string of the molecule is Cc1cccc(C(=O)N2CCCN(CC(=O)N3CC(C)OC(C)C3)CC2)c1. The molecular weight excluding hydrogens is 342 g/mol. The van der Waals surface area contributed by atoms with Crippen LogP contribution in [0.3, 0.4) is 0 Å². The van der Waals surface area contributed by atoms with Crippen molar-refractivity contribution in [2.45, 2.75) is 39.4 Å². The van der Waals surface area contributed by atoms with Gasteiger partial charge in [0.2, 0.25) is 5.91 Å². The summed E-state index contributed by atoms with van der Waals surface area (Å²) in [6.45, 7) is 10.7. The van der Waals surface area contributed by atoms with Crippen molar-refractivity contribution in [3.05, 3.63) is 35.4 Å². The number of rotatable bonds is 3. The number of aryl methyl sites for hydroxylation is 1. The van der Waals surface area contributed by atoms with E-state index in [0.29, 0.717) is 26.2 Å². The van der Waals surface area contributed by atoms with Gasteiger partial charge in [-0.25, -0.2) is 0 Å². The number of carbonyl (C=O) groups excluding carboxylic acids is 2. The van der Waals surface area contributed by atoms with E-state index in [2.05, 4.69) is 4.90 Å². The van der Waals surface area contributed by atoms with Gasteiger partial charge in [0.25, 0.3) is 5.91 Å². The Morgan fingerprint density at radius 3 is 2.48 bits per heavy atom. The number of carbonyl (C=O) groups is 2. The topological polar surface area (TPSA) is 53.1 Å². The first kappa shape index (κ1) is 19.8. The molecule has 148 valence electrons. The molecule has 0 aliphatic carbocycles. The summed E-state index contributed by atoms with van der Waals surface area (Å²) in [6, 6.07) is 7.74. The van der Waals surface area contributed by atoms with E-state index in [-0.39, 0.29) is 24.0 Å². The Morgan fingerprint density at radius 1 is 1.04 bits per heavy atom. The first-order valence-electron chi connectivity index (χ1n) is 9.94. The molecule has 2 heterocycles. The van der Waals surface area contributed by atoms with Gasteiger partial charge >= 0.3 is 0 Å². The summed E-state index contributed by atoms with van der Waals surface area (Å²) in [5, 5.41) is 0. The normalized spacial score (nSPS) is 24.6. The van der Waals surface area contributed by atoms with E-state index in [1.165, 1.54) is 0 Å². The highest BCUT2D eigenvalue weighted by atomic mass is 16.5. The van der Waals surface area contributed by atoms with Crippen molar-refractivity contribution in [1.82, 2.24) is 14.7 Å². The summed E-state index contributed by atoms with van der Waals surface area (Å²) in [5.41, 5.74) is 1.84. The number of morpholine rings is 1. The Bertz CT molecular complexity index is 668. The second-order valence-electron chi connectivity index (χ2n) is 7.85. The van der Waals surface area contributed by atoms with Gasteiger partial charge in [0.15, 0.2) is 0 Å². The summed E-state index contributed by atoms with van der Waals surface area (Å²) >= 11 is 0. The molecule has 0 aromatic heterocycles. The van der Waals surface area contributed by atoms with Crippen LogP contribution in [-0.4, -0.2) is 84.5 Å². The van der Waals surface area contributed by atoms with E-state index < -0.39 is 0 Å². The van der Waals surface area contributed by atoms with Crippen LogP contribution in [0.2, 0.25) is 0 Å². The minimum absolute atomic E-state index is 0.0858. The molecule has 2 saturated heterocycles. The number of nitrogens with zero attached hydrogens (tertiary/aromatic N) is 3. The molecule has 0 spiro atoms. The smallest absolute Gasteiger partial charge is 0.253 e. The maximum Gasteiger partial charge on any atom is 0.253 e. The van der Waals surface area contributed by atoms with Crippen LogP contribution in [0.25, 0.3) is 0 Å². The Hall–Kier alpha value is -1.92. The summed E-state index contributed by atoms with van der Waals surface area (Å²) < 4.78 is 5.72. The third kappa shape index (κ3) is 5.30. The third-order valence-electron chi connectivity index (χ3n) is 5.27. The molecule has 0 saturated carbocycles. The van der Waals surface area contributed by atoms with Gasteiger partial charge in [-0.3, -0.25) is 14.5 Å². The molecule has 0 radical (unpaired) electrons. The monoisotopic (exact) mass is 373 g/mol. The fourth-order valence-corrected chi connectivity index (χ4v) is 3.97. The second-order valence-corrected chi connectivity index (χ2v) is 7.85. The van der Waals surface area contributed by atoms with Gasteiger partial charge in [-0.15, -0.1) is 0 Å². The number of amides is 2. The quantitative estimate of drug-likeness (QED) is 0.810. The summed E-state index contributed by atoms with van der Waals surface area (Å²) in [5.74, 6) is 0.248. The van der Waals surface area contributed by atoms with Gasteiger partial charge in [0.1, 0.15) is 0 Å². The molecule has 1 aromatic carbocycles. The average Bonchev–Trinajstić information content (AvgIpc) is 2.86. The van der Waals surface area contributed by atoms with Crippen molar-refractivity contribution in [2.75, 3.05) is 45.8 Å². The van der Waals surface area contributed by atoms with Crippen LogP contribution in [0, 0.1) is 6.92 Å². The highest BCUT2D eigenvalue weighted by Gasteiger charge is 2.28. The highest BCUT2D eigenvalue weighted by Crippen LogP contribution is 2.13. The zero-order chi connectivity index (χ0) is 19.4. The van der Waals surface area contributed by atoms with E-state index in [4.69, 9.17) is 4.74 Å². The molecule has 2 unspecified atom stereocenters. The Morgan fingerprint density at radius 2 is 1.78 bits per heavy atom. The minimum atomic E-state index is 0.0858. The lowest BCUT2D eigenvalue weighted by Crippen LogP contribution is -2.51. The van der Waals surface area contributed by atoms with E-state index in [9.17, 15) is 9.59 Å². The Labute approximate surface area is 162 Å². The third-order valence-corrected chi connectivity index (χ3v) is 5.27. The molecule has 0 bridgehead atoms. The summed E-state index contributed by atoms with van der Waals surface area (Å²) in [4.78, 5) is 31.5. The predicted molar refractivity (Wildman–Crippen MR) is 105 cm³/mol. The largest absolute Gasteiger partial charge is 0.372 e. The van der Waals surface area contributed by atoms with Crippen molar-refractivity contribution in [3.8, 4) is 0 Å². The fourth-order valence-electron chi connectivity index (χ4n) is 3.97. The first-order chi connectivity index (χ1) is 12.9. The molecular formula is C21H31N3O3. The van der Waals surface area contributed by atoms with Gasteiger partial charge in [-0.2, -0.15) is 0 Å². The van der Waals surface area contributed by atoms with Gasteiger partial charge in [-0.05, 0) is 39.3 Å². The van der Waals surface area contributed by atoms with E-state index in [1.807, 2.05) is 54.8 Å². The van der Waals surface area contributed by atoms with E-state index in [0.717, 1.165) is 37.2 Å². The lowest BCUT2D eigenvalue weighted by atomic mass is 10.1. The van der Waals surface area contributed by atoms with Crippen molar-refractivity contribution in [2.24, 2.45) is 0 Å². The molecule has 2 fully saturated rings. The number of benzene rings is 1. The van der Waals surface area contributed by atoms with E-state index in [1.54, 1.807) is 0 Å². The Balaban J connectivity index is 1.53. The first-order valence-corrected chi connectivity index (χ1v) is 9.94. The zero-order valence-electron chi connectivity index (χ0n) is 16.7. The van der Waals surface area contributed by atoms with Gasteiger partial charge in [0.05, 0.1) is 18.8 Å². The van der Waals surface area contributed by atoms with Crippen LogP contribution in [0.1, 0.15) is 36.2 Å². The van der Waals surface area contributed by atoms with E-state index >= 15 is 0 Å². The van der Waals surface area contributed by atoms with Crippen molar-refractivity contribution in [1.29, 1.82) is 0 Å². The molecule has 0 N–H and O–H groups in total. The van der Waals surface area contributed by atoms with Crippen LogP contribution in [-0.2, 0) is 9.53 Å². The number of ether oxygens (including phenoxy) is 1. The molecule has 2 amide bonds. The molecule has 2 atom stereocenters. The van der Waals surface area contributed by atoms with Gasteiger partial charge in [0, 0.05) is 44.8 Å². The molecule has 3 rings (SSSR count). The van der Waals surface area contributed by atoms with Crippen LogP contribution >= 0.6 is 0 Å². The molecule has 2 aliphatic heterocycles. The lowest BCUT2D eigenvalue weighted by molar-refractivity contribution is -0.144. The maximum atomic E-state index is 12.8. The summed E-state index contributed by atoms with van der Waals surface area (Å²) in [7, 11) is 0. The standard InChI is InChI=1S/C21H31N3O3/c1-16-6-4-7-19(12-16)21(26)23-9-5-8-22(10-11-23)15-20(25)24-13-17(2)27-18(3)14-24/h4,6-7,12,17-18H,5,8-11,13-15H2,1-3H3. The predicted octanol–water partition coefficient (Wildman–Crippen LogP) is 1.78. The average molecular weight is 373 g/mol. The molecule has 6 heteroatoms. The van der Waals surface area contributed by atoms with Crippen molar-refractivity contribution < 1.29 is 14.3 Å². The maximum absolute atomic E-state index is 12.8. The highest BCUT2D eigenvalue weighted by molar-refractivity contribution is 5.94. The van der Waals surface area contributed by atoms with Crippen LogP contribution in [0.15, 0.2) is 24.3 Å². The Kier molecular flexibility index (Phi) is 6.50. The zero-order valence-corrected chi connectivity index (χ0v) is 16.7. The number of hydrogen-bond acceptors (Lipinski definition) is 4. The van der Waals surface area contributed by atoms with Crippen LogP contribution in [0.4, 0.5) is 0 Å².